The van der Waals surface area contributed by atoms with Crippen molar-refractivity contribution in [3.05, 3.63) is 35.4 Å². The highest BCUT2D eigenvalue weighted by Crippen LogP contribution is 2.20. The van der Waals surface area contributed by atoms with Crippen LogP contribution in [0.25, 0.3) is 0 Å². The first-order valence-electron chi connectivity index (χ1n) is 9.19. The van der Waals surface area contributed by atoms with Crippen molar-refractivity contribution in [3.63, 3.8) is 0 Å². The van der Waals surface area contributed by atoms with Crippen LogP contribution in [0.2, 0.25) is 0 Å². The van der Waals surface area contributed by atoms with Crippen LogP contribution >= 0.6 is 0 Å². The standard InChI is InChI=1S/C20H32O4/c1-4-7-9-16(6-3)15-24-20(22)18-12-10-17(11-13-18)19(21)23-14-8-5-2/h10-13,16,20,22H,4-9,14-15H2,1-3H3. The van der Waals surface area contributed by atoms with Gasteiger partial charge in [0.25, 0.3) is 0 Å². The molecule has 1 aromatic rings. The summed E-state index contributed by atoms with van der Waals surface area (Å²) in [5.41, 5.74) is 1.15. The van der Waals surface area contributed by atoms with Gasteiger partial charge in [-0.05, 0) is 30.9 Å². The fraction of sp³-hybridized carbons (Fsp3) is 0.650. The Morgan fingerprint density at radius 3 is 2.33 bits per heavy atom. The van der Waals surface area contributed by atoms with E-state index in [2.05, 4.69) is 20.8 Å². The molecule has 24 heavy (non-hydrogen) atoms. The molecule has 0 saturated heterocycles. The van der Waals surface area contributed by atoms with E-state index in [1.54, 1.807) is 24.3 Å². The van der Waals surface area contributed by atoms with E-state index in [-0.39, 0.29) is 5.97 Å². The molecule has 0 bridgehead atoms. The van der Waals surface area contributed by atoms with Gasteiger partial charge < -0.3 is 14.6 Å². The summed E-state index contributed by atoms with van der Waals surface area (Å²) < 4.78 is 10.8. The third-order valence-corrected chi connectivity index (χ3v) is 4.20. The van der Waals surface area contributed by atoms with Crippen molar-refractivity contribution in [3.8, 4) is 0 Å². The number of ether oxygens (including phenoxy) is 2. The summed E-state index contributed by atoms with van der Waals surface area (Å²) in [5, 5.41) is 10.2. The first kappa shape index (κ1) is 20.7. The minimum Gasteiger partial charge on any atom is -0.462 e. The second-order valence-corrected chi connectivity index (χ2v) is 6.21. The zero-order valence-electron chi connectivity index (χ0n) is 15.3. The van der Waals surface area contributed by atoms with E-state index in [9.17, 15) is 9.90 Å². The maximum Gasteiger partial charge on any atom is 0.338 e. The number of hydrogen-bond donors (Lipinski definition) is 1. The maximum absolute atomic E-state index is 11.8. The number of unbranched alkanes of at least 4 members (excludes halogenated alkanes) is 2. The number of benzene rings is 1. The summed E-state index contributed by atoms with van der Waals surface area (Å²) in [6, 6.07) is 6.78. The molecule has 2 unspecified atom stereocenters. The van der Waals surface area contributed by atoms with Gasteiger partial charge in [-0.3, -0.25) is 0 Å². The Labute approximate surface area is 146 Å². The number of hydrogen-bond acceptors (Lipinski definition) is 4. The molecule has 0 amide bonds. The Morgan fingerprint density at radius 1 is 1.08 bits per heavy atom. The van der Waals surface area contributed by atoms with Crippen molar-refractivity contribution in [2.45, 2.75) is 65.6 Å². The lowest BCUT2D eigenvalue weighted by Crippen LogP contribution is -2.13. The van der Waals surface area contributed by atoms with E-state index >= 15 is 0 Å². The Hall–Kier alpha value is -1.39. The molecular weight excluding hydrogens is 304 g/mol. The molecule has 0 aromatic heterocycles. The van der Waals surface area contributed by atoms with E-state index in [4.69, 9.17) is 9.47 Å². The molecule has 0 saturated carbocycles. The molecule has 136 valence electrons. The quantitative estimate of drug-likeness (QED) is 0.336. The number of aliphatic hydroxyl groups excluding tert-OH is 1. The zero-order chi connectivity index (χ0) is 17.8. The molecule has 4 heteroatoms. The molecule has 0 radical (unpaired) electrons. The van der Waals surface area contributed by atoms with Gasteiger partial charge in [-0.15, -0.1) is 0 Å². The van der Waals surface area contributed by atoms with E-state index in [0.717, 1.165) is 25.7 Å². The van der Waals surface area contributed by atoms with Crippen molar-refractivity contribution in [1.29, 1.82) is 0 Å². The van der Waals surface area contributed by atoms with Gasteiger partial charge in [-0.2, -0.15) is 0 Å². The van der Waals surface area contributed by atoms with E-state index in [1.165, 1.54) is 12.8 Å². The monoisotopic (exact) mass is 336 g/mol. The number of aliphatic hydroxyl groups is 1. The fourth-order valence-corrected chi connectivity index (χ4v) is 2.40. The minimum absolute atomic E-state index is 0.323. The average molecular weight is 336 g/mol. The smallest absolute Gasteiger partial charge is 0.338 e. The second-order valence-electron chi connectivity index (χ2n) is 6.21. The summed E-state index contributed by atoms with van der Waals surface area (Å²) in [6.07, 6.45) is 5.45. The summed E-state index contributed by atoms with van der Waals surface area (Å²) in [6.45, 7) is 7.37. The van der Waals surface area contributed by atoms with Gasteiger partial charge in [0.1, 0.15) is 0 Å². The highest BCUT2D eigenvalue weighted by molar-refractivity contribution is 5.89. The van der Waals surface area contributed by atoms with Gasteiger partial charge in [-0.25, -0.2) is 4.79 Å². The van der Waals surface area contributed by atoms with Gasteiger partial charge in [0, 0.05) is 5.56 Å². The van der Waals surface area contributed by atoms with Gasteiger partial charge in [-0.1, -0.05) is 58.6 Å². The van der Waals surface area contributed by atoms with Crippen LogP contribution in [-0.4, -0.2) is 24.3 Å². The molecule has 4 nitrogen and oxygen atoms in total. The third-order valence-electron chi connectivity index (χ3n) is 4.20. The second kappa shape index (κ2) is 12.0. The lowest BCUT2D eigenvalue weighted by atomic mass is 10.0. The normalized spacial score (nSPS) is 13.5. The Morgan fingerprint density at radius 2 is 1.75 bits per heavy atom. The molecule has 0 heterocycles. The van der Waals surface area contributed by atoms with Crippen molar-refractivity contribution in [1.82, 2.24) is 0 Å². The molecule has 2 atom stereocenters. The maximum atomic E-state index is 11.8. The number of carbonyl (C=O) groups excluding carboxylic acids is 1. The lowest BCUT2D eigenvalue weighted by molar-refractivity contribution is -0.114. The van der Waals surface area contributed by atoms with Crippen molar-refractivity contribution in [2.24, 2.45) is 5.92 Å². The van der Waals surface area contributed by atoms with E-state index in [0.29, 0.717) is 30.3 Å². The van der Waals surface area contributed by atoms with E-state index in [1.807, 2.05) is 0 Å². The molecule has 0 aliphatic heterocycles. The third kappa shape index (κ3) is 7.45. The van der Waals surface area contributed by atoms with Gasteiger partial charge in [0.2, 0.25) is 0 Å². The van der Waals surface area contributed by atoms with Crippen LogP contribution in [-0.2, 0) is 9.47 Å². The molecule has 0 aliphatic carbocycles. The first-order valence-corrected chi connectivity index (χ1v) is 9.19. The minimum atomic E-state index is -0.953. The SMILES string of the molecule is CCCCOC(=O)c1ccc(C(O)OCC(CC)CCCC)cc1. The first-order chi connectivity index (χ1) is 11.6. The topological polar surface area (TPSA) is 55.8 Å². The Kier molecular flexibility index (Phi) is 10.4. The Balaban J connectivity index is 2.47. The number of esters is 1. The molecular formula is C20H32O4. The van der Waals surface area contributed by atoms with Crippen molar-refractivity contribution >= 4 is 5.97 Å². The van der Waals surface area contributed by atoms with Crippen LogP contribution in [0.1, 0.15) is 81.5 Å². The number of rotatable bonds is 12. The molecule has 0 fully saturated rings. The van der Waals surface area contributed by atoms with Crippen LogP contribution in [0.4, 0.5) is 0 Å². The van der Waals surface area contributed by atoms with Crippen LogP contribution < -0.4 is 0 Å². The summed E-state index contributed by atoms with van der Waals surface area (Å²) >= 11 is 0. The van der Waals surface area contributed by atoms with Crippen LogP contribution in [0.3, 0.4) is 0 Å². The summed E-state index contributed by atoms with van der Waals surface area (Å²) in [5.74, 6) is 0.156. The predicted octanol–water partition coefficient (Wildman–Crippen LogP) is 4.87. The average Bonchev–Trinajstić information content (AvgIpc) is 2.62. The predicted molar refractivity (Wildman–Crippen MR) is 95.9 cm³/mol. The molecule has 0 aliphatic rings. The highest BCUT2D eigenvalue weighted by Gasteiger charge is 2.13. The van der Waals surface area contributed by atoms with Gasteiger partial charge in [0.15, 0.2) is 6.29 Å². The molecule has 1 N–H and O–H groups in total. The van der Waals surface area contributed by atoms with Crippen molar-refractivity contribution < 1.29 is 19.4 Å². The Bertz CT molecular complexity index is 455. The molecule has 1 rings (SSSR count). The molecule has 1 aromatic carbocycles. The largest absolute Gasteiger partial charge is 0.462 e. The fourth-order valence-electron chi connectivity index (χ4n) is 2.40. The van der Waals surface area contributed by atoms with Gasteiger partial charge >= 0.3 is 5.97 Å². The lowest BCUT2D eigenvalue weighted by Gasteiger charge is -2.18. The number of carbonyl (C=O) groups is 1. The summed E-state index contributed by atoms with van der Waals surface area (Å²) in [4.78, 5) is 11.8. The summed E-state index contributed by atoms with van der Waals surface area (Å²) in [7, 11) is 0. The van der Waals surface area contributed by atoms with E-state index < -0.39 is 6.29 Å². The highest BCUT2D eigenvalue weighted by atomic mass is 16.6. The van der Waals surface area contributed by atoms with Crippen LogP contribution in [0.15, 0.2) is 24.3 Å². The molecule has 0 spiro atoms. The van der Waals surface area contributed by atoms with Crippen molar-refractivity contribution in [2.75, 3.05) is 13.2 Å². The van der Waals surface area contributed by atoms with Crippen LogP contribution in [0.5, 0.6) is 0 Å². The van der Waals surface area contributed by atoms with Crippen LogP contribution in [0, 0.1) is 5.92 Å². The van der Waals surface area contributed by atoms with Gasteiger partial charge in [0.05, 0.1) is 18.8 Å². The zero-order valence-corrected chi connectivity index (χ0v) is 15.3.